The van der Waals surface area contributed by atoms with Crippen molar-refractivity contribution < 1.29 is 4.74 Å². The molecule has 0 aliphatic carbocycles. The Morgan fingerprint density at radius 1 is 1.67 bits per heavy atom. The highest BCUT2D eigenvalue weighted by Crippen LogP contribution is 2.27. The second-order valence-electron chi connectivity index (χ2n) is 3.57. The Hall–Kier alpha value is -0.260. The van der Waals surface area contributed by atoms with Gasteiger partial charge in [0, 0.05) is 12.3 Å². The third kappa shape index (κ3) is 2.29. The highest BCUT2D eigenvalue weighted by Gasteiger charge is 2.20. The van der Waals surface area contributed by atoms with Crippen molar-refractivity contribution in [3.8, 4) is 0 Å². The van der Waals surface area contributed by atoms with Crippen molar-refractivity contribution in [1.82, 2.24) is 9.97 Å². The number of halogens is 1. The first-order chi connectivity index (χ1) is 7.22. The Kier molecular flexibility index (Phi) is 3.53. The molecule has 1 saturated heterocycles. The molecule has 2 rings (SSSR count). The quantitative estimate of drug-likeness (QED) is 0.849. The summed E-state index contributed by atoms with van der Waals surface area (Å²) in [6.07, 6.45) is 3.14. The topological polar surface area (TPSA) is 37.9 Å². The maximum atomic E-state index is 5.58. The van der Waals surface area contributed by atoms with Gasteiger partial charge in [0.25, 0.3) is 0 Å². The first-order valence-corrected chi connectivity index (χ1v) is 6.32. The number of aromatic nitrogens is 2. The molecule has 0 bridgehead atoms. The molecule has 0 aromatic carbocycles. The molecule has 0 amide bonds. The normalized spacial score (nSPS) is 20.8. The van der Waals surface area contributed by atoms with Gasteiger partial charge in [0.2, 0.25) is 0 Å². The Bertz CT molecular complexity index is 412. The van der Waals surface area contributed by atoms with Gasteiger partial charge in [-0.2, -0.15) is 0 Å². The monoisotopic (exact) mass is 288 g/mol. The molecule has 3 nitrogen and oxygen atoms in total. The SMILES string of the molecule is CCc1[nH]c(C2CCCO2)nc(=S)c1Br. The lowest BCUT2D eigenvalue weighted by atomic mass is 10.2. The van der Waals surface area contributed by atoms with Crippen LogP contribution >= 0.6 is 28.1 Å². The predicted molar refractivity (Wildman–Crippen MR) is 64.4 cm³/mol. The average molecular weight is 289 g/mol. The van der Waals surface area contributed by atoms with Crippen molar-refractivity contribution in [2.45, 2.75) is 32.3 Å². The molecule has 1 aliphatic rings. The number of ether oxygens (including phenoxy) is 1. The van der Waals surface area contributed by atoms with Crippen LogP contribution in [-0.2, 0) is 11.2 Å². The molecule has 5 heteroatoms. The molecule has 1 fully saturated rings. The van der Waals surface area contributed by atoms with E-state index in [4.69, 9.17) is 17.0 Å². The third-order valence-electron chi connectivity index (χ3n) is 2.54. The Morgan fingerprint density at radius 3 is 3.07 bits per heavy atom. The minimum Gasteiger partial charge on any atom is -0.370 e. The van der Waals surface area contributed by atoms with Crippen molar-refractivity contribution in [1.29, 1.82) is 0 Å². The lowest BCUT2D eigenvalue weighted by Crippen LogP contribution is -2.06. The lowest BCUT2D eigenvalue weighted by molar-refractivity contribution is 0.104. The van der Waals surface area contributed by atoms with Gasteiger partial charge < -0.3 is 9.72 Å². The number of hydrogen-bond donors (Lipinski definition) is 1. The van der Waals surface area contributed by atoms with Crippen LogP contribution in [0.15, 0.2) is 4.47 Å². The van der Waals surface area contributed by atoms with Gasteiger partial charge in [-0.1, -0.05) is 19.1 Å². The molecule has 15 heavy (non-hydrogen) atoms. The fraction of sp³-hybridized carbons (Fsp3) is 0.600. The summed E-state index contributed by atoms with van der Waals surface area (Å²) in [4.78, 5) is 7.65. The minimum atomic E-state index is 0.102. The fourth-order valence-electron chi connectivity index (χ4n) is 1.71. The van der Waals surface area contributed by atoms with Crippen LogP contribution in [0, 0.1) is 4.64 Å². The van der Waals surface area contributed by atoms with E-state index in [0.717, 1.165) is 41.9 Å². The van der Waals surface area contributed by atoms with Crippen molar-refractivity contribution in [2.75, 3.05) is 6.61 Å². The molecule has 0 spiro atoms. The largest absolute Gasteiger partial charge is 0.370 e. The van der Waals surface area contributed by atoms with Crippen LogP contribution in [-0.4, -0.2) is 16.6 Å². The second kappa shape index (κ2) is 4.72. The molecular formula is C10H13BrN2OS. The van der Waals surface area contributed by atoms with E-state index in [2.05, 4.69) is 32.8 Å². The summed E-state index contributed by atoms with van der Waals surface area (Å²) in [7, 11) is 0. The molecule has 1 aromatic rings. The summed E-state index contributed by atoms with van der Waals surface area (Å²) < 4.78 is 7.10. The first kappa shape index (κ1) is 11.2. The van der Waals surface area contributed by atoms with Crippen LogP contribution in [0.5, 0.6) is 0 Å². The van der Waals surface area contributed by atoms with E-state index < -0.39 is 0 Å². The van der Waals surface area contributed by atoms with Gasteiger partial charge in [0.05, 0.1) is 4.47 Å². The Morgan fingerprint density at radius 2 is 2.47 bits per heavy atom. The van der Waals surface area contributed by atoms with Crippen molar-refractivity contribution >= 4 is 28.1 Å². The van der Waals surface area contributed by atoms with E-state index in [1.165, 1.54) is 0 Å². The van der Waals surface area contributed by atoms with Gasteiger partial charge in [-0.15, -0.1) is 0 Å². The summed E-state index contributed by atoms with van der Waals surface area (Å²) in [5.41, 5.74) is 1.10. The van der Waals surface area contributed by atoms with Crippen molar-refractivity contribution in [3.05, 3.63) is 20.6 Å². The number of nitrogens with zero attached hydrogens (tertiary/aromatic N) is 1. The van der Waals surface area contributed by atoms with Crippen LogP contribution in [0.4, 0.5) is 0 Å². The Balaban J connectivity index is 2.40. The molecule has 1 unspecified atom stereocenters. The number of rotatable bonds is 2. The number of H-pyrrole nitrogens is 1. The third-order valence-corrected chi connectivity index (χ3v) is 3.95. The first-order valence-electron chi connectivity index (χ1n) is 5.12. The van der Waals surface area contributed by atoms with E-state index in [1.807, 2.05) is 0 Å². The Labute approximate surface area is 102 Å². The second-order valence-corrected chi connectivity index (χ2v) is 4.75. The number of hydrogen-bond acceptors (Lipinski definition) is 3. The molecule has 1 aromatic heterocycles. The summed E-state index contributed by atoms with van der Waals surface area (Å²) in [5.74, 6) is 0.873. The lowest BCUT2D eigenvalue weighted by Gasteiger charge is -2.11. The zero-order chi connectivity index (χ0) is 10.8. The molecular weight excluding hydrogens is 276 g/mol. The van der Waals surface area contributed by atoms with E-state index >= 15 is 0 Å². The molecule has 1 aliphatic heterocycles. The maximum absolute atomic E-state index is 5.58. The van der Waals surface area contributed by atoms with Crippen LogP contribution in [0.3, 0.4) is 0 Å². The van der Waals surface area contributed by atoms with Gasteiger partial charge in [-0.3, -0.25) is 0 Å². The van der Waals surface area contributed by atoms with E-state index in [1.54, 1.807) is 0 Å². The average Bonchev–Trinajstić information content (AvgIpc) is 2.75. The minimum absolute atomic E-state index is 0.102. The molecule has 2 heterocycles. The fourth-order valence-corrected chi connectivity index (χ4v) is 2.40. The standard InChI is InChI=1S/C10H13BrN2OS/c1-2-6-8(11)10(15)13-9(12-6)7-4-3-5-14-7/h7H,2-5H2,1H3,(H,12,13,15). The highest BCUT2D eigenvalue weighted by atomic mass is 79.9. The summed E-state index contributed by atoms with van der Waals surface area (Å²) in [5, 5.41) is 0. The van der Waals surface area contributed by atoms with Gasteiger partial charge in [0.1, 0.15) is 16.6 Å². The molecule has 1 atom stereocenters. The van der Waals surface area contributed by atoms with Gasteiger partial charge in [-0.25, -0.2) is 4.98 Å². The summed E-state index contributed by atoms with van der Waals surface area (Å²) in [6.45, 7) is 2.91. The van der Waals surface area contributed by atoms with Gasteiger partial charge >= 0.3 is 0 Å². The maximum Gasteiger partial charge on any atom is 0.144 e. The number of nitrogens with one attached hydrogen (secondary N) is 1. The zero-order valence-electron chi connectivity index (χ0n) is 8.55. The van der Waals surface area contributed by atoms with E-state index in [-0.39, 0.29) is 6.10 Å². The molecule has 0 saturated carbocycles. The zero-order valence-corrected chi connectivity index (χ0v) is 10.9. The van der Waals surface area contributed by atoms with Gasteiger partial charge in [0.15, 0.2) is 0 Å². The van der Waals surface area contributed by atoms with Crippen molar-refractivity contribution in [3.63, 3.8) is 0 Å². The van der Waals surface area contributed by atoms with Crippen LogP contribution in [0.25, 0.3) is 0 Å². The van der Waals surface area contributed by atoms with Crippen LogP contribution in [0.2, 0.25) is 0 Å². The van der Waals surface area contributed by atoms with E-state index in [0.29, 0.717) is 4.64 Å². The van der Waals surface area contributed by atoms with Crippen molar-refractivity contribution in [2.24, 2.45) is 0 Å². The van der Waals surface area contributed by atoms with E-state index in [9.17, 15) is 0 Å². The smallest absolute Gasteiger partial charge is 0.144 e. The summed E-state index contributed by atoms with van der Waals surface area (Å²) >= 11 is 8.64. The van der Waals surface area contributed by atoms with Gasteiger partial charge in [-0.05, 0) is 35.2 Å². The molecule has 1 N–H and O–H groups in total. The number of aryl methyl sites for hydroxylation is 1. The van der Waals surface area contributed by atoms with Crippen LogP contribution < -0.4 is 0 Å². The molecule has 82 valence electrons. The van der Waals surface area contributed by atoms with Crippen LogP contribution in [0.1, 0.15) is 37.4 Å². The highest BCUT2D eigenvalue weighted by molar-refractivity contribution is 9.10. The molecule has 0 radical (unpaired) electrons. The number of aromatic amines is 1. The summed E-state index contributed by atoms with van der Waals surface area (Å²) in [6, 6.07) is 0. The predicted octanol–water partition coefficient (Wildman–Crippen LogP) is 3.32.